The third-order valence-corrected chi connectivity index (χ3v) is 8.25. The molecule has 1 atom stereocenters. The molecule has 2 saturated heterocycles. The largest absolute Gasteiger partial charge is 0.494 e. The predicted octanol–water partition coefficient (Wildman–Crippen LogP) is 4.31. The molecular formula is C32H37F2N7O3. The number of aryl methyl sites for hydroxylation is 1. The van der Waals surface area contributed by atoms with Crippen LogP contribution >= 0.6 is 0 Å². The number of methoxy groups -OCH3 is 1. The molecule has 2 fully saturated rings. The molecule has 0 unspecified atom stereocenters. The molecular weight excluding hydrogens is 568 g/mol. The first-order valence-corrected chi connectivity index (χ1v) is 14.7. The number of carbonyl (C=O) groups is 2. The molecule has 2 aliphatic rings. The van der Waals surface area contributed by atoms with Crippen molar-refractivity contribution in [1.82, 2.24) is 29.5 Å². The lowest BCUT2D eigenvalue weighted by atomic mass is 10.0. The number of imidazole rings is 1. The molecule has 1 amide bonds. The third-order valence-electron chi connectivity index (χ3n) is 8.25. The maximum Gasteiger partial charge on any atom is 0.254 e. The van der Waals surface area contributed by atoms with Crippen molar-refractivity contribution in [2.45, 2.75) is 32.2 Å². The molecule has 0 bridgehead atoms. The number of hydrogen-bond acceptors (Lipinski definition) is 8. The van der Waals surface area contributed by atoms with E-state index in [-0.39, 0.29) is 17.2 Å². The topological polar surface area (TPSA) is 104 Å². The molecule has 0 aliphatic carbocycles. The van der Waals surface area contributed by atoms with Crippen LogP contribution in [0.5, 0.6) is 5.75 Å². The summed E-state index contributed by atoms with van der Waals surface area (Å²) < 4.78 is 35.8. The number of benzene rings is 2. The molecule has 232 valence electrons. The van der Waals surface area contributed by atoms with Gasteiger partial charge in [-0.05, 0) is 61.7 Å². The SMILES string of the molecule is C=O.CCc1cc(Nc2nccn3c(-c4ccc(OC)c(F)c4F)cnc23)ccc1C(=O)N1CCN(C[C@@H]2CCCN2)CC1. The molecule has 4 aromatic rings. The van der Waals surface area contributed by atoms with Crippen molar-refractivity contribution in [3.05, 3.63) is 71.7 Å². The number of nitrogens with zero attached hydrogens (tertiary/aromatic N) is 5. The Hall–Kier alpha value is -4.42. The van der Waals surface area contributed by atoms with Gasteiger partial charge in [-0.15, -0.1) is 0 Å². The second kappa shape index (κ2) is 13.9. The maximum atomic E-state index is 14.8. The average Bonchev–Trinajstić information content (AvgIpc) is 3.74. The molecule has 0 spiro atoms. The summed E-state index contributed by atoms with van der Waals surface area (Å²) in [5.41, 5.74) is 3.29. The van der Waals surface area contributed by atoms with Crippen molar-refractivity contribution in [2.24, 2.45) is 0 Å². The Bertz CT molecular complexity index is 1620. The van der Waals surface area contributed by atoms with E-state index in [0.717, 1.165) is 50.5 Å². The standard InChI is InChI=1S/C31H35F2N7O2.CH2O/c1-3-20-17-21(6-7-23(20)31(41)39-15-13-38(14-16-39)19-22-5-4-10-34-22)37-29-30-36-18-25(40(30)12-11-35-29)24-8-9-26(42-2)28(33)27(24)32;1-2/h6-9,11-12,17-18,22,34H,3-5,10,13-16,19H2,1-2H3,(H,35,37);1H2/t22-;/m0./s1. The Labute approximate surface area is 255 Å². The predicted molar refractivity (Wildman–Crippen MR) is 164 cm³/mol. The molecule has 12 heteroatoms. The van der Waals surface area contributed by atoms with E-state index in [9.17, 15) is 13.6 Å². The van der Waals surface area contributed by atoms with Gasteiger partial charge >= 0.3 is 0 Å². The van der Waals surface area contributed by atoms with Gasteiger partial charge in [0.25, 0.3) is 5.91 Å². The van der Waals surface area contributed by atoms with Crippen LogP contribution in [0.1, 0.15) is 35.7 Å². The average molecular weight is 606 g/mol. The number of hydrogen-bond donors (Lipinski definition) is 2. The van der Waals surface area contributed by atoms with Crippen LogP contribution in [0.25, 0.3) is 16.9 Å². The normalized spacial score (nSPS) is 16.9. The minimum absolute atomic E-state index is 0.0592. The van der Waals surface area contributed by atoms with Gasteiger partial charge in [0.15, 0.2) is 23.0 Å². The van der Waals surface area contributed by atoms with Crippen LogP contribution in [0.2, 0.25) is 0 Å². The Kier molecular flexibility index (Phi) is 9.81. The highest BCUT2D eigenvalue weighted by atomic mass is 19.2. The van der Waals surface area contributed by atoms with E-state index in [1.54, 1.807) is 16.8 Å². The van der Waals surface area contributed by atoms with Crippen LogP contribution in [0.15, 0.2) is 48.9 Å². The minimum atomic E-state index is -1.05. The fourth-order valence-corrected chi connectivity index (χ4v) is 5.93. The zero-order valence-corrected chi connectivity index (χ0v) is 25.0. The van der Waals surface area contributed by atoms with Crippen LogP contribution in [0.3, 0.4) is 0 Å². The third kappa shape index (κ3) is 6.27. The van der Waals surface area contributed by atoms with E-state index in [2.05, 4.69) is 25.5 Å². The number of amides is 1. The highest BCUT2D eigenvalue weighted by molar-refractivity contribution is 5.96. The summed E-state index contributed by atoms with van der Waals surface area (Å²) in [5.74, 6) is -1.72. The Morgan fingerprint density at radius 2 is 1.91 bits per heavy atom. The Balaban J connectivity index is 0.00000188. The number of anilines is 2. The van der Waals surface area contributed by atoms with Crippen LogP contribution in [-0.4, -0.2) is 89.3 Å². The van der Waals surface area contributed by atoms with Crippen LogP contribution in [-0.2, 0) is 11.2 Å². The zero-order chi connectivity index (χ0) is 31.2. The Morgan fingerprint density at radius 3 is 2.61 bits per heavy atom. The lowest BCUT2D eigenvalue weighted by Crippen LogP contribution is -2.51. The van der Waals surface area contributed by atoms with Gasteiger partial charge in [0.05, 0.1) is 19.0 Å². The van der Waals surface area contributed by atoms with Crippen LogP contribution < -0.4 is 15.4 Å². The van der Waals surface area contributed by atoms with Gasteiger partial charge in [-0.2, -0.15) is 4.39 Å². The van der Waals surface area contributed by atoms with Crippen molar-refractivity contribution in [3.63, 3.8) is 0 Å². The van der Waals surface area contributed by atoms with Crippen molar-refractivity contribution in [2.75, 3.05) is 51.7 Å². The highest BCUT2D eigenvalue weighted by Crippen LogP contribution is 2.32. The zero-order valence-electron chi connectivity index (χ0n) is 25.0. The molecule has 0 radical (unpaired) electrons. The van der Waals surface area contributed by atoms with E-state index >= 15 is 0 Å². The highest BCUT2D eigenvalue weighted by Gasteiger charge is 2.26. The van der Waals surface area contributed by atoms with Gasteiger partial charge in [0.1, 0.15) is 6.79 Å². The summed E-state index contributed by atoms with van der Waals surface area (Å²) in [6, 6.07) is 9.11. The lowest BCUT2D eigenvalue weighted by Gasteiger charge is -2.36. The molecule has 6 rings (SSSR count). The van der Waals surface area contributed by atoms with Crippen molar-refractivity contribution < 1.29 is 23.1 Å². The van der Waals surface area contributed by atoms with Crippen molar-refractivity contribution >= 4 is 29.8 Å². The number of piperazine rings is 1. The molecule has 2 N–H and O–H groups in total. The van der Waals surface area contributed by atoms with E-state index in [4.69, 9.17) is 9.53 Å². The monoisotopic (exact) mass is 605 g/mol. The van der Waals surface area contributed by atoms with E-state index in [1.807, 2.05) is 36.8 Å². The number of fused-ring (bicyclic) bond motifs is 1. The van der Waals surface area contributed by atoms with E-state index in [1.165, 1.54) is 38.3 Å². The minimum Gasteiger partial charge on any atom is -0.494 e. The fraction of sp³-hybridized carbons (Fsp3) is 0.375. The fourth-order valence-electron chi connectivity index (χ4n) is 5.93. The second-order valence-corrected chi connectivity index (χ2v) is 10.8. The summed E-state index contributed by atoms with van der Waals surface area (Å²) in [4.78, 5) is 34.8. The van der Waals surface area contributed by atoms with E-state index < -0.39 is 11.6 Å². The van der Waals surface area contributed by atoms with Crippen molar-refractivity contribution in [1.29, 1.82) is 0 Å². The summed E-state index contributed by atoms with van der Waals surface area (Å²) >= 11 is 0. The Morgan fingerprint density at radius 1 is 1.11 bits per heavy atom. The van der Waals surface area contributed by atoms with Crippen molar-refractivity contribution in [3.8, 4) is 17.0 Å². The summed E-state index contributed by atoms with van der Waals surface area (Å²) in [6.45, 7) is 9.41. The molecule has 2 aliphatic heterocycles. The molecule has 10 nitrogen and oxygen atoms in total. The number of rotatable bonds is 8. The molecule has 2 aromatic heterocycles. The quantitative estimate of drug-likeness (QED) is 0.306. The summed E-state index contributed by atoms with van der Waals surface area (Å²) in [7, 11) is 1.29. The van der Waals surface area contributed by atoms with Gasteiger partial charge in [-0.1, -0.05) is 6.92 Å². The summed E-state index contributed by atoms with van der Waals surface area (Å²) in [5, 5.41) is 6.85. The summed E-state index contributed by atoms with van der Waals surface area (Å²) in [6.07, 6.45) is 7.86. The van der Waals surface area contributed by atoms with Gasteiger partial charge in [-0.3, -0.25) is 14.1 Å². The van der Waals surface area contributed by atoms with Crippen LogP contribution in [0, 0.1) is 11.6 Å². The second-order valence-electron chi connectivity index (χ2n) is 10.8. The first-order chi connectivity index (χ1) is 21.5. The number of carbonyl (C=O) groups excluding carboxylic acids is 2. The first-order valence-electron chi connectivity index (χ1n) is 14.7. The van der Waals surface area contributed by atoms with Gasteiger partial charge in [-0.25, -0.2) is 14.4 Å². The first kappa shape index (κ1) is 31.0. The molecule has 0 saturated carbocycles. The smallest absolute Gasteiger partial charge is 0.254 e. The van der Waals surface area contributed by atoms with Gasteiger partial charge in [0.2, 0.25) is 5.82 Å². The van der Waals surface area contributed by atoms with E-state index in [0.29, 0.717) is 35.2 Å². The number of nitrogens with one attached hydrogen (secondary N) is 2. The van der Waals surface area contributed by atoms with Gasteiger partial charge in [0, 0.05) is 68.0 Å². The van der Waals surface area contributed by atoms with Crippen LogP contribution in [0.4, 0.5) is 20.3 Å². The number of halogens is 2. The maximum absolute atomic E-state index is 14.8. The number of ether oxygens (including phenoxy) is 1. The number of aromatic nitrogens is 3. The molecule has 2 aromatic carbocycles. The molecule has 4 heterocycles. The lowest BCUT2D eigenvalue weighted by molar-refractivity contribution is -0.0980. The van der Waals surface area contributed by atoms with Gasteiger partial charge < -0.3 is 25.1 Å². The molecule has 44 heavy (non-hydrogen) atoms.